The molecule has 1 unspecified atom stereocenters. The molecule has 0 amide bonds. The van der Waals surface area contributed by atoms with Crippen molar-refractivity contribution in [2.24, 2.45) is 5.92 Å². The summed E-state index contributed by atoms with van der Waals surface area (Å²) in [4.78, 5) is 1.37. The highest BCUT2D eigenvalue weighted by atomic mass is 35.5. The van der Waals surface area contributed by atoms with E-state index in [1.807, 2.05) is 0 Å². The largest absolute Gasteiger partial charge is 0.310 e. The molecule has 0 aliphatic rings. The summed E-state index contributed by atoms with van der Waals surface area (Å²) in [6, 6.07) is 2.68. The van der Waals surface area contributed by atoms with Crippen molar-refractivity contribution in [2.45, 2.75) is 40.2 Å². The van der Waals surface area contributed by atoms with Gasteiger partial charge < -0.3 is 5.32 Å². The lowest BCUT2D eigenvalue weighted by Crippen LogP contribution is -2.21. The molecule has 0 spiro atoms. The average molecular weight is 246 g/mol. The minimum Gasteiger partial charge on any atom is -0.310 e. The molecule has 1 aromatic rings. The van der Waals surface area contributed by atoms with Gasteiger partial charge in [-0.25, -0.2) is 0 Å². The van der Waals surface area contributed by atoms with E-state index in [-0.39, 0.29) is 0 Å². The molecule has 0 fully saturated rings. The minimum atomic E-state index is 0.464. The summed E-state index contributed by atoms with van der Waals surface area (Å²) < 4.78 is 0.927. The molecule has 3 heteroatoms. The molecular formula is C12H20ClNS. The fourth-order valence-electron chi connectivity index (χ4n) is 1.67. The van der Waals surface area contributed by atoms with Crippen molar-refractivity contribution in [3.63, 3.8) is 0 Å². The third-order valence-electron chi connectivity index (χ3n) is 2.38. The molecule has 86 valence electrons. The van der Waals surface area contributed by atoms with Crippen LogP contribution in [0.2, 0.25) is 4.34 Å². The zero-order valence-corrected chi connectivity index (χ0v) is 11.5. The van der Waals surface area contributed by atoms with Crippen molar-refractivity contribution in [2.75, 3.05) is 6.54 Å². The summed E-state index contributed by atoms with van der Waals surface area (Å²) in [5, 5.41) is 3.52. The average Bonchev–Trinajstić information content (AvgIpc) is 2.46. The van der Waals surface area contributed by atoms with Crippen molar-refractivity contribution in [3.05, 3.63) is 20.8 Å². The molecule has 0 saturated carbocycles. The Labute approximate surface area is 102 Å². The Morgan fingerprint density at radius 3 is 2.53 bits per heavy atom. The second-order valence-electron chi connectivity index (χ2n) is 4.35. The lowest BCUT2D eigenvalue weighted by atomic mass is 10.0. The molecule has 15 heavy (non-hydrogen) atoms. The molecule has 0 bridgehead atoms. The van der Waals surface area contributed by atoms with E-state index in [0.717, 1.165) is 10.9 Å². The maximum atomic E-state index is 6.10. The zero-order chi connectivity index (χ0) is 11.4. The topological polar surface area (TPSA) is 12.0 Å². The molecule has 0 aliphatic heterocycles. The van der Waals surface area contributed by atoms with Crippen LogP contribution in [-0.4, -0.2) is 6.54 Å². The summed E-state index contributed by atoms with van der Waals surface area (Å²) in [6.45, 7) is 9.74. The van der Waals surface area contributed by atoms with Crippen molar-refractivity contribution in [3.8, 4) is 0 Å². The van der Waals surface area contributed by atoms with Crippen LogP contribution >= 0.6 is 22.9 Å². The van der Waals surface area contributed by atoms with E-state index in [1.165, 1.54) is 16.9 Å². The molecule has 1 rings (SSSR count). The zero-order valence-electron chi connectivity index (χ0n) is 9.93. The van der Waals surface area contributed by atoms with Crippen LogP contribution in [0.15, 0.2) is 6.07 Å². The Hall–Kier alpha value is -0.0500. The molecule has 1 aromatic heterocycles. The van der Waals surface area contributed by atoms with Gasteiger partial charge in [0.05, 0.1) is 4.34 Å². The van der Waals surface area contributed by atoms with E-state index < -0.39 is 0 Å². The number of halogens is 1. The summed E-state index contributed by atoms with van der Waals surface area (Å²) in [7, 11) is 0. The molecular weight excluding hydrogens is 226 g/mol. The Morgan fingerprint density at radius 1 is 1.47 bits per heavy atom. The first-order valence-corrected chi connectivity index (χ1v) is 6.73. The normalized spacial score (nSPS) is 13.5. The number of aryl methyl sites for hydroxylation is 1. The first-order chi connectivity index (χ1) is 7.04. The number of thiophene rings is 1. The van der Waals surface area contributed by atoms with E-state index in [2.05, 4.69) is 39.1 Å². The highest BCUT2D eigenvalue weighted by Crippen LogP contribution is 2.33. The molecule has 0 aromatic carbocycles. The monoisotopic (exact) mass is 245 g/mol. The van der Waals surface area contributed by atoms with Gasteiger partial charge in [-0.2, -0.15) is 0 Å². The van der Waals surface area contributed by atoms with E-state index in [1.54, 1.807) is 11.3 Å². The SMILES string of the molecule is CCNC(CC(C)C)c1cc(C)c(Cl)s1. The van der Waals surface area contributed by atoms with Gasteiger partial charge in [0, 0.05) is 10.9 Å². The summed E-state index contributed by atoms with van der Waals surface area (Å²) in [5.41, 5.74) is 1.20. The Kier molecular flexibility index (Phi) is 5.10. The van der Waals surface area contributed by atoms with E-state index in [9.17, 15) is 0 Å². The summed E-state index contributed by atoms with van der Waals surface area (Å²) >= 11 is 7.81. The van der Waals surface area contributed by atoms with Gasteiger partial charge in [0.25, 0.3) is 0 Å². The van der Waals surface area contributed by atoms with Crippen molar-refractivity contribution in [1.82, 2.24) is 5.32 Å². The first-order valence-electron chi connectivity index (χ1n) is 5.53. The first kappa shape index (κ1) is 13.0. The van der Waals surface area contributed by atoms with E-state index >= 15 is 0 Å². The van der Waals surface area contributed by atoms with Crippen LogP contribution in [0.3, 0.4) is 0 Å². The molecule has 0 radical (unpaired) electrons. The van der Waals surface area contributed by atoms with E-state index in [4.69, 9.17) is 11.6 Å². The summed E-state index contributed by atoms with van der Waals surface area (Å²) in [5.74, 6) is 0.704. The fourth-order valence-corrected chi connectivity index (χ4v) is 2.98. The van der Waals surface area contributed by atoms with Gasteiger partial charge in [0.15, 0.2) is 0 Å². The van der Waals surface area contributed by atoms with Crippen LogP contribution in [0.1, 0.15) is 43.7 Å². The highest BCUT2D eigenvalue weighted by Gasteiger charge is 2.15. The minimum absolute atomic E-state index is 0.464. The third-order valence-corrected chi connectivity index (χ3v) is 4.05. The Bertz CT molecular complexity index is 287. The second kappa shape index (κ2) is 5.88. The number of rotatable bonds is 5. The summed E-state index contributed by atoms with van der Waals surface area (Å²) in [6.07, 6.45) is 1.17. The molecule has 1 atom stereocenters. The van der Waals surface area contributed by atoms with Crippen LogP contribution in [0.25, 0.3) is 0 Å². The number of hydrogen-bond acceptors (Lipinski definition) is 2. The second-order valence-corrected chi connectivity index (χ2v) is 6.03. The van der Waals surface area contributed by atoms with Crippen molar-refractivity contribution < 1.29 is 0 Å². The van der Waals surface area contributed by atoms with Gasteiger partial charge in [-0.1, -0.05) is 32.4 Å². The van der Waals surface area contributed by atoms with Crippen LogP contribution < -0.4 is 5.32 Å². The Morgan fingerprint density at radius 2 is 2.13 bits per heavy atom. The quantitative estimate of drug-likeness (QED) is 0.811. The fraction of sp³-hybridized carbons (Fsp3) is 0.667. The van der Waals surface area contributed by atoms with Gasteiger partial charge in [-0.05, 0) is 37.4 Å². The third kappa shape index (κ3) is 3.78. The van der Waals surface area contributed by atoms with Gasteiger partial charge >= 0.3 is 0 Å². The van der Waals surface area contributed by atoms with E-state index in [0.29, 0.717) is 12.0 Å². The lowest BCUT2D eigenvalue weighted by molar-refractivity contribution is 0.443. The van der Waals surface area contributed by atoms with Crippen molar-refractivity contribution in [1.29, 1.82) is 0 Å². The van der Waals surface area contributed by atoms with Gasteiger partial charge in [0.2, 0.25) is 0 Å². The molecule has 1 nitrogen and oxygen atoms in total. The maximum Gasteiger partial charge on any atom is 0.0960 e. The standard InChI is InChI=1S/C12H20ClNS/c1-5-14-10(6-8(2)3)11-7-9(4)12(13)15-11/h7-8,10,14H,5-6H2,1-4H3. The van der Waals surface area contributed by atoms with Gasteiger partial charge in [-0.3, -0.25) is 0 Å². The molecule has 1 N–H and O–H groups in total. The predicted octanol–water partition coefficient (Wildman–Crippen LogP) is 4.41. The highest BCUT2D eigenvalue weighted by molar-refractivity contribution is 7.16. The van der Waals surface area contributed by atoms with Gasteiger partial charge in [-0.15, -0.1) is 11.3 Å². The van der Waals surface area contributed by atoms with Crippen LogP contribution in [0.5, 0.6) is 0 Å². The van der Waals surface area contributed by atoms with Crippen LogP contribution in [0, 0.1) is 12.8 Å². The molecule has 0 saturated heterocycles. The maximum absolute atomic E-state index is 6.10. The number of hydrogen-bond donors (Lipinski definition) is 1. The molecule has 1 heterocycles. The van der Waals surface area contributed by atoms with Crippen LogP contribution in [-0.2, 0) is 0 Å². The van der Waals surface area contributed by atoms with Crippen LogP contribution in [0.4, 0.5) is 0 Å². The smallest absolute Gasteiger partial charge is 0.0960 e. The van der Waals surface area contributed by atoms with Crippen molar-refractivity contribution >= 4 is 22.9 Å². The lowest BCUT2D eigenvalue weighted by Gasteiger charge is -2.18. The Balaban J connectivity index is 2.78. The number of nitrogens with one attached hydrogen (secondary N) is 1. The van der Waals surface area contributed by atoms with Gasteiger partial charge in [0.1, 0.15) is 0 Å². The predicted molar refractivity (Wildman–Crippen MR) is 69.9 cm³/mol. The molecule has 0 aliphatic carbocycles.